The Morgan fingerprint density at radius 3 is 2.33 bits per heavy atom. The summed E-state index contributed by atoms with van der Waals surface area (Å²) >= 11 is 0. The van der Waals surface area contributed by atoms with Crippen molar-refractivity contribution in [3.63, 3.8) is 0 Å². The maximum atomic E-state index is 15.8. The Morgan fingerprint density at radius 2 is 1.69 bits per heavy atom. The molecule has 0 spiro atoms. The van der Waals surface area contributed by atoms with Gasteiger partial charge in [-0.15, -0.1) is 5.10 Å². The quantitative estimate of drug-likeness (QED) is 0.271. The van der Waals surface area contributed by atoms with Crippen molar-refractivity contribution in [3.05, 3.63) is 101 Å². The summed E-state index contributed by atoms with van der Waals surface area (Å²) in [5, 5.41) is 21.2. The largest absolute Gasteiger partial charge is 0.484 e. The summed E-state index contributed by atoms with van der Waals surface area (Å²) in [5.41, 5.74) is -4.74. The highest BCUT2D eigenvalue weighted by molar-refractivity contribution is 5.45. The summed E-state index contributed by atoms with van der Waals surface area (Å²) in [6, 6.07) is 9.29. The lowest BCUT2D eigenvalue weighted by molar-refractivity contribution is -0.207. The molecule has 0 aliphatic carbocycles. The minimum Gasteiger partial charge on any atom is -0.484 e. The number of hydrogen-bond donors (Lipinski definition) is 1. The zero-order valence-electron chi connectivity index (χ0n) is 19.5. The van der Waals surface area contributed by atoms with Crippen molar-refractivity contribution in [1.29, 1.82) is 0 Å². The number of halogens is 7. The van der Waals surface area contributed by atoms with Crippen LogP contribution in [0.5, 0.6) is 5.75 Å². The Balaban J connectivity index is 1.61. The first-order chi connectivity index (χ1) is 18.4. The first kappa shape index (κ1) is 27.5. The minimum absolute atomic E-state index is 0.0675. The van der Waals surface area contributed by atoms with Crippen molar-refractivity contribution in [2.24, 2.45) is 0 Å². The van der Waals surface area contributed by atoms with Gasteiger partial charge in [0.15, 0.2) is 12.2 Å². The lowest BCUT2D eigenvalue weighted by Gasteiger charge is -2.35. The zero-order valence-corrected chi connectivity index (χ0v) is 19.5. The van der Waals surface area contributed by atoms with Crippen molar-refractivity contribution in [3.8, 4) is 17.6 Å². The van der Waals surface area contributed by atoms with Gasteiger partial charge in [0.05, 0.1) is 6.54 Å². The molecule has 202 valence electrons. The summed E-state index contributed by atoms with van der Waals surface area (Å²) in [6.45, 7) is -2.49. The van der Waals surface area contributed by atoms with Crippen LogP contribution in [0.15, 0.2) is 67.1 Å². The van der Waals surface area contributed by atoms with Gasteiger partial charge in [-0.05, 0) is 52.9 Å². The highest BCUT2D eigenvalue weighted by Gasteiger charge is 2.58. The van der Waals surface area contributed by atoms with Gasteiger partial charge in [-0.3, -0.25) is 4.98 Å². The van der Waals surface area contributed by atoms with Gasteiger partial charge in [-0.1, -0.05) is 17.9 Å². The first-order valence-corrected chi connectivity index (χ1v) is 10.9. The molecule has 2 aromatic carbocycles. The molecule has 0 saturated carbocycles. The molecule has 2 aromatic heterocycles. The lowest BCUT2D eigenvalue weighted by Crippen LogP contribution is -2.48. The number of aromatic nitrogens is 5. The van der Waals surface area contributed by atoms with E-state index in [1.165, 1.54) is 24.3 Å². The zero-order chi connectivity index (χ0) is 28.3. The monoisotopic (exact) mass is 551 g/mol. The number of rotatable bonds is 7. The van der Waals surface area contributed by atoms with E-state index in [-0.39, 0.29) is 16.9 Å². The van der Waals surface area contributed by atoms with Crippen molar-refractivity contribution in [2.45, 2.75) is 24.2 Å². The van der Waals surface area contributed by atoms with E-state index >= 15 is 8.78 Å². The van der Waals surface area contributed by atoms with E-state index in [0.29, 0.717) is 18.2 Å². The minimum atomic E-state index is -4.52. The van der Waals surface area contributed by atoms with Crippen LogP contribution in [0.25, 0.3) is 0 Å². The van der Waals surface area contributed by atoms with Gasteiger partial charge >= 0.3 is 12.1 Å². The summed E-state index contributed by atoms with van der Waals surface area (Å²) in [7, 11) is 0. The van der Waals surface area contributed by atoms with E-state index in [1.54, 1.807) is 0 Å². The molecule has 0 aliphatic rings. The molecule has 39 heavy (non-hydrogen) atoms. The Hall–Kier alpha value is -4.51. The highest BCUT2D eigenvalue weighted by Crippen LogP contribution is 2.46. The van der Waals surface area contributed by atoms with Gasteiger partial charge in [0.1, 0.15) is 29.4 Å². The lowest BCUT2D eigenvalue weighted by atomic mass is 9.84. The fourth-order valence-electron chi connectivity index (χ4n) is 3.50. The number of nitrogens with zero attached hydrogens (tertiary/aromatic N) is 5. The second-order valence-corrected chi connectivity index (χ2v) is 8.18. The van der Waals surface area contributed by atoms with E-state index in [1.807, 2.05) is 0 Å². The Morgan fingerprint density at radius 1 is 0.923 bits per heavy atom. The molecule has 0 aliphatic heterocycles. The summed E-state index contributed by atoms with van der Waals surface area (Å²) < 4.78 is 102. The van der Waals surface area contributed by atoms with Gasteiger partial charge in [0.2, 0.25) is 0 Å². The van der Waals surface area contributed by atoms with Crippen LogP contribution in [0.1, 0.15) is 22.4 Å². The maximum absolute atomic E-state index is 15.8. The van der Waals surface area contributed by atoms with Crippen LogP contribution in [0.3, 0.4) is 0 Å². The molecule has 2 heterocycles. The highest BCUT2D eigenvalue weighted by atomic mass is 19.4. The molecule has 1 N–H and O–H groups in total. The van der Waals surface area contributed by atoms with Crippen LogP contribution in [0.4, 0.5) is 30.7 Å². The van der Waals surface area contributed by atoms with Crippen LogP contribution in [-0.4, -0.2) is 43.1 Å². The molecule has 4 aromatic rings. The molecule has 1 unspecified atom stereocenters. The number of alkyl halides is 5. The smallest absolute Gasteiger partial charge is 0.422 e. The molecular formula is C25H16F7N5O2. The van der Waals surface area contributed by atoms with Crippen molar-refractivity contribution in [2.75, 3.05) is 6.61 Å². The predicted molar refractivity (Wildman–Crippen MR) is 120 cm³/mol. The third-order valence-corrected chi connectivity index (χ3v) is 5.35. The number of tetrazole rings is 1. The van der Waals surface area contributed by atoms with Gasteiger partial charge in [-0.25, -0.2) is 13.5 Å². The van der Waals surface area contributed by atoms with Crippen LogP contribution >= 0.6 is 0 Å². The molecule has 0 amide bonds. The third-order valence-electron chi connectivity index (χ3n) is 5.35. The van der Waals surface area contributed by atoms with E-state index in [2.05, 4.69) is 37.1 Å². The predicted octanol–water partition coefficient (Wildman–Crippen LogP) is 4.37. The average molecular weight is 551 g/mol. The topological polar surface area (TPSA) is 86.0 Å². The van der Waals surface area contributed by atoms with Crippen LogP contribution in [0.2, 0.25) is 0 Å². The molecule has 0 saturated heterocycles. The summed E-state index contributed by atoms with van der Waals surface area (Å²) in [5.74, 6) is -1.48. The van der Waals surface area contributed by atoms with Crippen LogP contribution < -0.4 is 4.74 Å². The van der Waals surface area contributed by atoms with E-state index < -0.39 is 53.7 Å². The Kier molecular flexibility index (Phi) is 7.55. The Labute approximate surface area is 215 Å². The normalized spacial score (nSPS) is 13.3. The first-order valence-electron chi connectivity index (χ1n) is 10.9. The Bertz CT molecular complexity index is 1500. The van der Waals surface area contributed by atoms with E-state index in [9.17, 15) is 27.1 Å². The van der Waals surface area contributed by atoms with Crippen molar-refractivity contribution < 1.29 is 40.6 Å². The molecule has 1 atom stereocenters. The van der Waals surface area contributed by atoms with Crippen molar-refractivity contribution in [1.82, 2.24) is 25.2 Å². The number of ether oxygens (including phenoxy) is 1. The van der Waals surface area contributed by atoms with Crippen molar-refractivity contribution >= 4 is 0 Å². The summed E-state index contributed by atoms with van der Waals surface area (Å²) in [4.78, 5) is 3.69. The molecule has 0 bridgehead atoms. The van der Waals surface area contributed by atoms with Gasteiger partial charge in [-0.2, -0.15) is 22.0 Å². The molecule has 0 fully saturated rings. The molecular weight excluding hydrogens is 535 g/mol. The molecule has 4 rings (SSSR count). The van der Waals surface area contributed by atoms with Gasteiger partial charge in [0.25, 0.3) is 0 Å². The molecule has 14 heteroatoms. The second kappa shape index (κ2) is 10.7. The maximum Gasteiger partial charge on any atom is 0.422 e. The second-order valence-electron chi connectivity index (χ2n) is 8.18. The standard InChI is InChI=1S/C25H16F7N5O2/c26-18-7-8-20(21(27)11-18)23(38,13-37-15-34-35-36-37)25(31,32)22-9-6-17(12-33-22)5-4-16-2-1-3-19(10-16)39-14-24(28,29)30/h1-3,6-12,15,38H,13-14H2. The number of hydrogen-bond acceptors (Lipinski definition) is 6. The van der Waals surface area contributed by atoms with E-state index in [0.717, 1.165) is 29.3 Å². The number of pyridine rings is 1. The fourth-order valence-corrected chi connectivity index (χ4v) is 3.50. The average Bonchev–Trinajstić information content (AvgIpc) is 3.39. The van der Waals surface area contributed by atoms with Gasteiger partial charge in [0, 0.05) is 29.0 Å². The third kappa shape index (κ3) is 6.32. The number of benzene rings is 2. The fraction of sp³-hybridized carbons (Fsp3) is 0.200. The van der Waals surface area contributed by atoms with Crippen LogP contribution in [-0.2, 0) is 18.1 Å². The number of aliphatic hydroxyl groups is 1. The van der Waals surface area contributed by atoms with Gasteiger partial charge < -0.3 is 9.84 Å². The van der Waals surface area contributed by atoms with E-state index in [4.69, 9.17) is 0 Å². The SMILES string of the molecule is OC(Cn1cnnn1)(c1ccc(F)cc1F)C(F)(F)c1ccc(C#Cc2cccc(OCC(F)(F)F)c2)cn1. The molecule has 7 nitrogen and oxygen atoms in total. The summed E-state index contributed by atoms with van der Waals surface area (Å²) in [6.07, 6.45) is -2.62. The van der Waals surface area contributed by atoms with Crippen LogP contribution in [0, 0.1) is 23.5 Å². The molecule has 0 radical (unpaired) electrons.